The van der Waals surface area contributed by atoms with Gasteiger partial charge in [-0.3, -0.25) is 9.36 Å². The van der Waals surface area contributed by atoms with Crippen LogP contribution < -0.4 is 10.2 Å². The van der Waals surface area contributed by atoms with E-state index in [9.17, 15) is 4.79 Å². The first-order valence-corrected chi connectivity index (χ1v) is 10.3. The lowest BCUT2D eigenvalue weighted by atomic mass is 10.2. The number of aromatic nitrogens is 3. The first-order chi connectivity index (χ1) is 13.1. The molecule has 1 unspecified atom stereocenters. The number of thioether (sulfide) groups is 1. The molecule has 144 valence electrons. The van der Waals surface area contributed by atoms with Gasteiger partial charge in [0.1, 0.15) is 0 Å². The summed E-state index contributed by atoms with van der Waals surface area (Å²) in [5.74, 6) is 0.869. The maximum atomic E-state index is 12.4. The van der Waals surface area contributed by atoms with E-state index < -0.39 is 0 Å². The summed E-state index contributed by atoms with van der Waals surface area (Å²) in [6.45, 7) is 6.93. The Kier molecular flexibility index (Phi) is 5.36. The van der Waals surface area contributed by atoms with Crippen molar-refractivity contribution >= 4 is 23.6 Å². The molecule has 1 aromatic heterocycles. The topological polar surface area (TPSA) is 72.3 Å². The van der Waals surface area contributed by atoms with Crippen LogP contribution in [-0.4, -0.2) is 58.3 Å². The monoisotopic (exact) mass is 387 g/mol. The standard InChI is InChI=1S/C19H25N5O2S/c1-13-3-7-16(8-4-13)24-18(23-9-11-26-12-10-23)21-22-19(24)27-14(2)17(25)20-15-5-6-15/h3-4,7-8,14-15H,5-6,9-12H2,1-2H3,(H,20,25). The molecule has 2 aliphatic rings. The number of nitrogens with one attached hydrogen (secondary N) is 1. The predicted octanol–water partition coefficient (Wildman–Crippen LogP) is 2.17. The second-order valence-electron chi connectivity index (χ2n) is 7.10. The lowest BCUT2D eigenvalue weighted by Gasteiger charge is -2.28. The first-order valence-electron chi connectivity index (χ1n) is 9.44. The third-order valence-corrected chi connectivity index (χ3v) is 5.82. The number of benzene rings is 1. The molecular formula is C19H25N5O2S. The Balaban J connectivity index is 1.62. The van der Waals surface area contributed by atoms with Crippen LogP contribution in [0.2, 0.25) is 0 Å². The van der Waals surface area contributed by atoms with Gasteiger partial charge in [-0.05, 0) is 38.8 Å². The van der Waals surface area contributed by atoms with Crippen molar-refractivity contribution in [3.8, 4) is 5.69 Å². The summed E-state index contributed by atoms with van der Waals surface area (Å²) in [4.78, 5) is 14.6. The van der Waals surface area contributed by atoms with E-state index in [2.05, 4.69) is 56.2 Å². The fourth-order valence-electron chi connectivity index (χ4n) is 2.98. The van der Waals surface area contributed by atoms with Gasteiger partial charge in [0.05, 0.1) is 24.2 Å². The molecule has 1 aromatic carbocycles. The molecule has 1 N–H and O–H groups in total. The molecule has 1 saturated heterocycles. The minimum atomic E-state index is -0.225. The zero-order valence-electron chi connectivity index (χ0n) is 15.7. The smallest absolute Gasteiger partial charge is 0.233 e. The summed E-state index contributed by atoms with van der Waals surface area (Å²) >= 11 is 1.45. The van der Waals surface area contributed by atoms with Crippen LogP contribution in [0.25, 0.3) is 5.69 Å². The summed E-state index contributed by atoms with van der Waals surface area (Å²) < 4.78 is 7.52. The summed E-state index contributed by atoms with van der Waals surface area (Å²) in [5.41, 5.74) is 2.20. The molecule has 8 heteroatoms. The number of rotatable bonds is 6. The Bertz CT molecular complexity index is 797. The lowest BCUT2D eigenvalue weighted by Crippen LogP contribution is -2.38. The van der Waals surface area contributed by atoms with E-state index in [1.807, 2.05) is 6.92 Å². The van der Waals surface area contributed by atoms with Crippen LogP contribution in [-0.2, 0) is 9.53 Å². The first kappa shape index (κ1) is 18.3. The molecule has 1 atom stereocenters. The molecule has 4 rings (SSSR count). The number of aryl methyl sites for hydroxylation is 1. The van der Waals surface area contributed by atoms with E-state index in [-0.39, 0.29) is 11.2 Å². The van der Waals surface area contributed by atoms with Crippen molar-refractivity contribution in [3.05, 3.63) is 29.8 Å². The molecule has 1 saturated carbocycles. The maximum absolute atomic E-state index is 12.4. The van der Waals surface area contributed by atoms with E-state index in [0.29, 0.717) is 19.3 Å². The highest BCUT2D eigenvalue weighted by Gasteiger charge is 2.28. The van der Waals surface area contributed by atoms with Gasteiger partial charge in [0.25, 0.3) is 0 Å². The van der Waals surface area contributed by atoms with E-state index >= 15 is 0 Å². The number of hydrogen-bond acceptors (Lipinski definition) is 6. The zero-order valence-corrected chi connectivity index (χ0v) is 16.5. The van der Waals surface area contributed by atoms with Gasteiger partial charge >= 0.3 is 0 Å². The van der Waals surface area contributed by atoms with Gasteiger partial charge in [0.15, 0.2) is 5.16 Å². The largest absolute Gasteiger partial charge is 0.378 e. The molecule has 1 aliphatic heterocycles. The average molecular weight is 388 g/mol. The number of ether oxygens (including phenoxy) is 1. The van der Waals surface area contributed by atoms with Gasteiger partial charge in [-0.15, -0.1) is 10.2 Å². The molecule has 1 aliphatic carbocycles. The quantitative estimate of drug-likeness (QED) is 0.766. The van der Waals surface area contributed by atoms with Crippen molar-refractivity contribution in [2.24, 2.45) is 0 Å². The molecule has 2 aromatic rings. The van der Waals surface area contributed by atoms with Crippen LogP contribution in [0.15, 0.2) is 29.4 Å². The molecule has 0 bridgehead atoms. The van der Waals surface area contributed by atoms with E-state index in [0.717, 1.165) is 42.7 Å². The van der Waals surface area contributed by atoms with Crippen LogP contribution in [0.3, 0.4) is 0 Å². The van der Waals surface area contributed by atoms with Crippen molar-refractivity contribution < 1.29 is 9.53 Å². The van der Waals surface area contributed by atoms with Crippen molar-refractivity contribution in [3.63, 3.8) is 0 Å². The average Bonchev–Trinajstić information content (AvgIpc) is 3.40. The zero-order chi connectivity index (χ0) is 18.8. The third kappa shape index (κ3) is 4.27. The minimum absolute atomic E-state index is 0.0638. The minimum Gasteiger partial charge on any atom is -0.378 e. The Morgan fingerprint density at radius 3 is 2.59 bits per heavy atom. The molecular weight excluding hydrogens is 362 g/mol. The third-order valence-electron chi connectivity index (χ3n) is 4.78. The number of hydrogen-bond donors (Lipinski definition) is 1. The van der Waals surface area contributed by atoms with E-state index in [1.165, 1.54) is 17.3 Å². The molecule has 2 heterocycles. The SMILES string of the molecule is Cc1ccc(-n2c(SC(C)C(=O)NC3CC3)nnc2N2CCOCC2)cc1. The van der Waals surface area contributed by atoms with Gasteiger partial charge in [-0.1, -0.05) is 29.5 Å². The summed E-state index contributed by atoms with van der Waals surface area (Å²) in [7, 11) is 0. The molecule has 27 heavy (non-hydrogen) atoms. The Morgan fingerprint density at radius 1 is 1.22 bits per heavy atom. The van der Waals surface area contributed by atoms with Gasteiger partial charge in [-0.25, -0.2) is 0 Å². The van der Waals surface area contributed by atoms with Crippen LogP contribution in [0.5, 0.6) is 0 Å². The summed E-state index contributed by atoms with van der Waals surface area (Å²) in [6.07, 6.45) is 2.17. The fraction of sp³-hybridized carbons (Fsp3) is 0.526. The number of amides is 1. The number of nitrogens with zero attached hydrogens (tertiary/aromatic N) is 4. The summed E-state index contributed by atoms with van der Waals surface area (Å²) in [6, 6.07) is 8.66. The van der Waals surface area contributed by atoms with Gasteiger partial charge < -0.3 is 15.0 Å². The second-order valence-corrected chi connectivity index (χ2v) is 8.40. The van der Waals surface area contributed by atoms with E-state index in [1.54, 1.807) is 0 Å². The predicted molar refractivity (Wildman–Crippen MR) is 106 cm³/mol. The van der Waals surface area contributed by atoms with Gasteiger partial charge in [0, 0.05) is 19.1 Å². The van der Waals surface area contributed by atoms with Crippen molar-refractivity contribution in [1.29, 1.82) is 0 Å². The van der Waals surface area contributed by atoms with Crippen LogP contribution in [0.1, 0.15) is 25.3 Å². The highest BCUT2D eigenvalue weighted by Crippen LogP contribution is 2.30. The Labute approximate surface area is 163 Å². The Hall–Kier alpha value is -2.06. The summed E-state index contributed by atoms with van der Waals surface area (Å²) in [5, 5.41) is 12.5. The fourth-order valence-corrected chi connectivity index (χ4v) is 3.86. The lowest BCUT2D eigenvalue weighted by molar-refractivity contribution is -0.120. The number of carbonyl (C=O) groups is 1. The number of carbonyl (C=O) groups excluding carboxylic acids is 1. The van der Waals surface area contributed by atoms with Crippen LogP contribution >= 0.6 is 11.8 Å². The molecule has 1 amide bonds. The molecule has 7 nitrogen and oxygen atoms in total. The van der Waals surface area contributed by atoms with Crippen LogP contribution in [0.4, 0.5) is 5.95 Å². The van der Waals surface area contributed by atoms with E-state index in [4.69, 9.17) is 4.74 Å². The van der Waals surface area contributed by atoms with Gasteiger partial charge in [0.2, 0.25) is 11.9 Å². The number of morpholine rings is 1. The highest BCUT2D eigenvalue weighted by molar-refractivity contribution is 8.00. The molecule has 0 spiro atoms. The Morgan fingerprint density at radius 2 is 1.93 bits per heavy atom. The molecule has 0 radical (unpaired) electrons. The maximum Gasteiger partial charge on any atom is 0.233 e. The highest BCUT2D eigenvalue weighted by atomic mass is 32.2. The normalized spacial score (nSPS) is 18.4. The van der Waals surface area contributed by atoms with Crippen molar-refractivity contribution in [2.75, 3.05) is 31.2 Å². The van der Waals surface area contributed by atoms with Gasteiger partial charge in [-0.2, -0.15) is 0 Å². The number of anilines is 1. The second kappa shape index (κ2) is 7.90. The van der Waals surface area contributed by atoms with Crippen molar-refractivity contribution in [1.82, 2.24) is 20.1 Å². The molecule has 2 fully saturated rings. The van der Waals surface area contributed by atoms with Crippen LogP contribution in [0, 0.1) is 6.92 Å². The van der Waals surface area contributed by atoms with Crippen molar-refractivity contribution in [2.45, 2.75) is 43.1 Å².